The van der Waals surface area contributed by atoms with E-state index in [4.69, 9.17) is 5.73 Å². The number of primary amides is 1. The molecule has 1 aromatic carbocycles. The summed E-state index contributed by atoms with van der Waals surface area (Å²) in [6, 6.07) is 8.44. The molecule has 1 aliphatic heterocycles. The van der Waals surface area contributed by atoms with Crippen LogP contribution in [0.25, 0.3) is 0 Å². The van der Waals surface area contributed by atoms with Crippen molar-refractivity contribution in [2.75, 3.05) is 18.0 Å². The molecule has 3 N–H and O–H groups in total. The molecule has 1 fully saturated rings. The van der Waals surface area contributed by atoms with E-state index in [-0.39, 0.29) is 5.91 Å². The predicted molar refractivity (Wildman–Crippen MR) is 78.5 cm³/mol. The zero-order valence-corrected chi connectivity index (χ0v) is 11.7. The molecule has 4 nitrogen and oxygen atoms in total. The van der Waals surface area contributed by atoms with Crippen LogP contribution in [0.1, 0.15) is 37.0 Å². The number of anilines is 1. The van der Waals surface area contributed by atoms with Gasteiger partial charge in [0.15, 0.2) is 0 Å². The molecule has 1 aromatic rings. The van der Waals surface area contributed by atoms with Gasteiger partial charge in [-0.3, -0.25) is 4.79 Å². The van der Waals surface area contributed by atoms with Crippen LogP contribution in [0.3, 0.4) is 0 Å². The Bertz CT molecular complexity index is 439. The van der Waals surface area contributed by atoms with Gasteiger partial charge in [0.2, 0.25) is 0 Å². The molecule has 4 heteroatoms. The Kier molecular flexibility index (Phi) is 4.43. The molecule has 0 aromatic heterocycles. The fourth-order valence-corrected chi connectivity index (χ4v) is 2.67. The van der Waals surface area contributed by atoms with E-state index in [9.17, 15) is 4.79 Å². The summed E-state index contributed by atoms with van der Waals surface area (Å²) >= 11 is 0. The number of nitrogens with one attached hydrogen (secondary N) is 1. The van der Waals surface area contributed by atoms with Crippen LogP contribution in [0.15, 0.2) is 24.3 Å². The van der Waals surface area contributed by atoms with Gasteiger partial charge in [0.05, 0.1) is 5.56 Å². The second-order valence-corrected chi connectivity index (χ2v) is 5.42. The van der Waals surface area contributed by atoms with Crippen LogP contribution >= 0.6 is 0 Å². The highest BCUT2D eigenvalue weighted by Gasteiger charge is 2.22. The van der Waals surface area contributed by atoms with Gasteiger partial charge in [-0.15, -0.1) is 0 Å². The van der Waals surface area contributed by atoms with Gasteiger partial charge in [0.25, 0.3) is 5.91 Å². The summed E-state index contributed by atoms with van der Waals surface area (Å²) in [7, 11) is 0. The van der Waals surface area contributed by atoms with Crippen LogP contribution in [0.2, 0.25) is 0 Å². The number of carbonyl (C=O) groups is 1. The Hall–Kier alpha value is -1.55. The van der Waals surface area contributed by atoms with E-state index in [1.807, 2.05) is 18.2 Å². The first-order chi connectivity index (χ1) is 9.09. The summed E-state index contributed by atoms with van der Waals surface area (Å²) in [6.07, 6.45) is 2.43. The van der Waals surface area contributed by atoms with Crippen molar-refractivity contribution in [1.82, 2.24) is 5.32 Å². The number of carbonyl (C=O) groups excluding carboxylic acids is 1. The number of hydrogen-bond donors (Lipinski definition) is 2. The molecule has 1 saturated heterocycles. The van der Waals surface area contributed by atoms with Crippen LogP contribution in [0.4, 0.5) is 5.69 Å². The highest BCUT2D eigenvalue weighted by molar-refractivity contribution is 5.98. The standard InChI is InChI=1S/C15H23N3O/c1-11(2)18(10-12-6-5-9-17-12)14-8-4-3-7-13(14)15(16)19/h3-4,7-8,11-12,17H,5-6,9-10H2,1-2H3,(H2,16,19). The minimum absolute atomic E-state index is 0.336. The molecule has 19 heavy (non-hydrogen) atoms. The number of hydrogen-bond acceptors (Lipinski definition) is 3. The number of nitrogens with zero attached hydrogens (tertiary/aromatic N) is 1. The SMILES string of the molecule is CC(C)N(CC1CCCN1)c1ccccc1C(N)=O. The van der Waals surface area contributed by atoms with Crippen molar-refractivity contribution >= 4 is 11.6 Å². The van der Waals surface area contributed by atoms with Gasteiger partial charge in [-0.1, -0.05) is 12.1 Å². The van der Waals surface area contributed by atoms with Crippen molar-refractivity contribution in [1.29, 1.82) is 0 Å². The van der Waals surface area contributed by atoms with Crippen LogP contribution in [-0.2, 0) is 0 Å². The van der Waals surface area contributed by atoms with Gasteiger partial charge in [-0.05, 0) is 45.4 Å². The summed E-state index contributed by atoms with van der Waals surface area (Å²) in [5, 5.41) is 3.50. The molecule has 0 spiro atoms. The lowest BCUT2D eigenvalue weighted by Crippen LogP contribution is -2.42. The van der Waals surface area contributed by atoms with Gasteiger partial charge in [-0.2, -0.15) is 0 Å². The Morgan fingerprint density at radius 1 is 1.47 bits per heavy atom. The summed E-state index contributed by atoms with van der Waals surface area (Å²) in [5.41, 5.74) is 7.03. The Labute approximate surface area is 115 Å². The third-order valence-electron chi connectivity index (χ3n) is 3.68. The molecule has 0 radical (unpaired) electrons. The summed E-state index contributed by atoms with van der Waals surface area (Å²) in [4.78, 5) is 13.8. The third kappa shape index (κ3) is 3.26. The van der Waals surface area contributed by atoms with Crippen molar-refractivity contribution < 1.29 is 4.79 Å². The summed E-state index contributed by atoms with van der Waals surface area (Å²) < 4.78 is 0. The molecule has 1 amide bonds. The number of rotatable bonds is 5. The first kappa shape index (κ1) is 13.9. The van der Waals surface area contributed by atoms with Crippen molar-refractivity contribution in [2.45, 2.75) is 38.8 Å². The molecular weight excluding hydrogens is 238 g/mol. The number of benzene rings is 1. The average molecular weight is 261 g/mol. The average Bonchev–Trinajstić information content (AvgIpc) is 2.88. The third-order valence-corrected chi connectivity index (χ3v) is 3.68. The van der Waals surface area contributed by atoms with Crippen LogP contribution in [0, 0.1) is 0 Å². The minimum atomic E-state index is -0.361. The Morgan fingerprint density at radius 2 is 2.21 bits per heavy atom. The van der Waals surface area contributed by atoms with Crippen molar-refractivity contribution in [3.63, 3.8) is 0 Å². The second-order valence-electron chi connectivity index (χ2n) is 5.42. The number of amides is 1. The van der Waals surface area contributed by atoms with E-state index in [0.29, 0.717) is 17.6 Å². The molecule has 0 aliphatic carbocycles. The van der Waals surface area contributed by atoms with Gasteiger partial charge in [0.1, 0.15) is 0 Å². The highest BCUT2D eigenvalue weighted by atomic mass is 16.1. The maximum atomic E-state index is 11.6. The number of nitrogens with two attached hydrogens (primary N) is 1. The van der Waals surface area contributed by atoms with Crippen LogP contribution < -0.4 is 16.0 Å². The maximum absolute atomic E-state index is 11.6. The first-order valence-corrected chi connectivity index (χ1v) is 6.98. The molecule has 2 rings (SSSR count). The van der Waals surface area contributed by atoms with E-state index >= 15 is 0 Å². The van der Waals surface area contributed by atoms with E-state index in [0.717, 1.165) is 18.8 Å². The lowest BCUT2D eigenvalue weighted by atomic mass is 10.1. The quantitative estimate of drug-likeness (QED) is 0.849. The molecular formula is C15H23N3O. The second kappa shape index (κ2) is 6.06. The van der Waals surface area contributed by atoms with Gasteiger partial charge in [-0.25, -0.2) is 0 Å². The molecule has 0 bridgehead atoms. The zero-order chi connectivity index (χ0) is 13.8. The first-order valence-electron chi connectivity index (χ1n) is 6.98. The van der Waals surface area contributed by atoms with Gasteiger partial charge >= 0.3 is 0 Å². The molecule has 1 unspecified atom stereocenters. The molecule has 104 valence electrons. The van der Waals surface area contributed by atoms with Crippen LogP contribution in [0.5, 0.6) is 0 Å². The normalized spacial score (nSPS) is 18.8. The predicted octanol–water partition coefficient (Wildman–Crippen LogP) is 1.75. The van der Waals surface area contributed by atoms with E-state index in [1.165, 1.54) is 12.8 Å². The smallest absolute Gasteiger partial charge is 0.250 e. The molecule has 1 heterocycles. The molecule has 1 atom stereocenters. The Balaban J connectivity index is 2.25. The van der Waals surface area contributed by atoms with Crippen LogP contribution in [-0.4, -0.2) is 31.1 Å². The van der Waals surface area contributed by atoms with E-state index < -0.39 is 0 Å². The summed E-state index contributed by atoms with van der Waals surface area (Å²) in [5.74, 6) is -0.361. The molecule has 0 saturated carbocycles. The monoisotopic (exact) mass is 261 g/mol. The molecule has 1 aliphatic rings. The maximum Gasteiger partial charge on any atom is 0.250 e. The Morgan fingerprint density at radius 3 is 2.79 bits per heavy atom. The fraction of sp³-hybridized carbons (Fsp3) is 0.533. The largest absolute Gasteiger partial charge is 0.367 e. The number of para-hydroxylation sites is 1. The topological polar surface area (TPSA) is 58.4 Å². The van der Waals surface area contributed by atoms with Crippen molar-refractivity contribution in [3.05, 3.63) is 29.8 Å². The lowest BCUT2D eigenvalue weighted by molar-refractivity contribution is 0.100. The van der Waals surface area contributed by atoms with Gasteiger partial charge in [0, 0.05) is 24.3 Å². The van der Waals surface area contributed by atoms with E-state index in [2.05, 4.69) is 24.1 Å². The summed E-state index contributed by atoms with van der Waals surface area (Å²) in [6.45, 7) is 6.30. The zero-order valence-electron chi connectivity index (χ0n) is 11.7. The van der Waals surface area contributed by atoms with E-state index in [1.54, 1.807) is 6.07 Å². The fourth-order valence-electron chi connectivity index (χ4n) is 2.67. The van der Waals surface area contributed by atoms with Crippen molar-refractivity contribution in [3.8, 4) is 0 Å². The minimum Gasteiger partial charge on any atom is -0.367 e. The van der Waals surface area contributed by atoms with Crippen molar-refractivity contribution in [2.24, 2.45) is 5.73 Å². The lowest BCUT2D eigenvalue weighted by Gasteiger charge is -2.32. The highest BCUT2D eigenvalue weighted by Crippen LogP contribution is 2.23. The van der Waals surface area contributed by atoms with Gasteiger partial charge < -0.3 is 16.0 Å².